The number of aromatic nitrogens is 1. The minimum atomic E-state index is -1.08. The van der Waals surface area contributed by atoms with E-state index in [1.165, 1.54) is 6.20 Å². The average Bonchev–Trinajstić information content (AvgIpc) is 2.23. The summed E-state index contributed by atoms with van der Waals surface area (Å²) in [5.41, 5.74) is 1.32. The van der Waals surface area contributed by atoms with Gasteiger partial charge < -0.3 is 0 Å². The van der Waals surface area contributed by atoms with E-state index in [1.807, 2.05) is 18.2 Å². The van der Waals surface area contributed by atoms with E-state index in [2.05, 4.69) is 20.9 Å². The molecule has 15 heavy (non-hydrogen) atoms. The first kappa shape index (κ1) is 10.2. The molecule has 0 amide bonds. The molecule has 76 valence electrons. The summed E-state index contributed by atoms with van der Waals surface area (Å²) in [5, 5.41) is 0. The fourth-order valence-corrected chi connectivity index (χ4v) is 1.78. The van der Waals surface area contributed by atoms with Gasteiger partial charge in [0.25, 0.3) is 0 Å². The molecule has 0 bridgehead atoms. The maximum Gasteiger partial charge on any atom is 0.248 e. The van der Waals surface area contributed by atoms with Gasteiger partial charge in [-0.1, -0.05) is 34.1 Å². The molecular weight excluding hydrogens is 264 g/mol. The lowest BCUT2D eigenvalue weighted by Crippen LogP contribution is -1.90. The number of rotatable bonds is 1. The van der Waals surface area contributed by atoms with E-state index < -0.39 is 11.8 Å². The Morgan fingerprint density at radius 3 is 2.53 bits per heavy atom. The largest absolute Gasteiger partial charge is 0.248 e. The van der Waals surface area contributed by atoms with Gasteiger partial charge in [0.2, 0.25) is 5.95 Å². The zero-order chi connectivity index (χ0) is 10.8. The van der Waals surface area contributed by atoms with Crippen molar-refractivity contribution < 1.29 is 8.78 Å². The Labute approximate surface area is 93.9 Å². The molecule has 0 fully saturated rings. The second kappa shape index (κ2) is 4.06. The van der Waals surface area contributed by atoms with Crippen molar-refractivity contribution in [2.24, 2.45) is 0 Å². The molecule has 0 aliphatic carbocycles. The van der Waals surface area contributed by atoms with Gasteiger partial charge in [0, 0.05) is 16.2 Å². The first-order valence-corrected chi connectivity index (χ1v) is 5.04. The van der Waals surface area contributed by atoms with E-state index >= 15 is 0 Å². The standard InChI is InChI=1S/C11H6BrF2N/c12-9-4-2-1-3-8(9)7-5-10(13)11(14)15-6-7/h1-6H. The maximum absolute atomic E-state index is 12.9. The van der Waals surface area contributed by atoms with Gasteiger partial charge in [0.1, 0.15) is 0 Å². The molecule has 0 aliphatic rings. The first-order chi connectivity index (χ1) is 7.18. The summed E-state index contributed by atoms with van der Waals surface area (Å²) in [5.74, 6) is -2.02. The Kier molecular flexibility index (Phi) is 2.77. The first-order valence-electron chi connectivity index (χ1n) is 4.24. The number of nitrogens with zero attached hydrogens (tertiary/aromatic N) is 1. The minimum absolute atomic E-state index is 0.543. The molecule has 2 rings (SSSR count). The average molecular weight is 270 g/mol. The van der Waals surface area contributed by atoms with Gasteiger partial charge >= 0.3 is 0 Å². The van der Waals surface area contributed by atoms with E-state index in [1.54, 1.807) is 6.07 Å². The molecule has 0 N–H and O–H groups in total. The van der Waals surface area contributed by atoms with Crippen molar-refractivity contribution in [1.29, 1.82) is 0 Å². The second-order valence-electron chi connectivity index (χ2n) is 2.98. The molecule has 2 aromatic rings. The number of halogens is 3. The van der Waals surface area contributed by atoms with Crippen LogP contribution < -0.4 is 0 Å². The van der Waals surface area contributed by atoms with Crippen molar-refractivity contribution in [2.45, 2.75) is 0 Å². The summed E-state index contributed by atoms with van der Waals surface area (Å²) >= 11 is 3.33. The van der Waals surface area contributed by atoms with Crippen molar-refractivity contribution in [1.82, 2.24) is 4.98 Å². The Morgan fingerprint density at radius 2 is 1.87 bits per heavy atom. The van der Waals surface area contributed by atoms with Crippen molar-refractivity contribution in [3.63, 3.8) is 0 Å². The highest BCUT2D eigenvalue weighted by atomic mass is 79.9. The predicted octanol–water partition coefficient (Wildman–Crippen LogP) is 3.79. The molecule has 0 unspecified atom stereocenters. The van der Waals surface area contributed by atoms with Crippen LogP contribution in [0.1, 0.15) is 0 Å². The Bertz CT molecular complexity index is 500. The minimum Gasteiger partial charge on any atom is -0.225 e. The summed E-state index contributed by atoms with van der Waals surface area (Å²) in [4.78, 5) is 3.33. The third-order valence-electron chi connectivity index (χ3n) is 1.98. The topological polar surface area (TPSA) is 12.9 Å². The molecule has 0 saturated heterocycles. The highest BCUT2D eigenvalue weighted by molar-refractivity contribution is 9.10. The number of pyridine rings is 1. The quantitative estimate of drug-likeness (QED) is 0.718. The summed E-state index contributed by atoms with van der Waals surface area (Å²) in [7, 11) is 0. The normalized spacial score (nSPS) is 10.3. The van der Waals surface area contributed by atoms with Crippen molar-refractivity contribution >= 4 is 15.9 Å². The van der Waals surface area contributed by atoms with Gasteiger partial charge in [0.15, 0.2) is 5.82 Å². The molecule has 0 radical (unpaired) electrons. The molecule has 0 saturated carbocycles. The SMILES string of the molecule is Fc1cc(-c2ccccc2Br)cnc1F. The van der Waals surface area contributed by atoms with Crippen molar-refractivity contribution in [3.8, 4) is 11.1 Å². The summed E-state index contributed by atoms with van der Waals surface area (Å²) in [6, 6.07) is 8.43. The van der Waals surface area contributed by atoms with Crippen LogP contribution >= 0.6 is 15.9 Å². The third kappa shape index (κ3) is 2.04. The van der Waals surface area contributed by atoms with Crippen LogP contribution in [-0.2, 0) is 0 Å². The van der Waals surface area contributed by atoms with E-state index in [9.17, 15) is 8.78 Å². The predicted molar refractivity (Wildman–Crippen MR) is 57.3 cm³/mol. The zero-order valence-electron chi connectivity index (χ0n) is 7.55. The van der Waals surface area contributed by atoms with Gasteiger partial charge in [-0.2, -0.15) is 4.39 Å². The van der Waals surface area contributed by atoms with Crippen molar-refractivity contribution in [2.75, 3.05) is 0 Å². The second-order valence-corrected chi connectivity index (χ2v) is 3.83. The fourth-order valence-electron chi connectivity index (χ4n) is 1.26. The van der Waals surface area contributed by atoms with Crippen LogP contribution in [-0.4, -0.2) is 4.98 Å². The van der Waals surface area contributed by atoms with Gasteiger partial charge in [0.05, 0.1) is 0 Å². The van der Waals surface area contributed by atoms with Crippen LogP contribution in [0.2, 0.25) is 0 Å². The molecule has 1 aromatic carbocycles. The Balaban J connectivity index is 2.55. The van der Waals surface area contributed by atoms with Crippen LogP contribution in [0, 0.1) is 11.8 Å². The molecule has 4 heteroatoms. The Hall–Kier alpha value is -1.29. The summed E-state index contributed by atoms with van der Waals surface area (Å²) < 4.78 is 26.4. The number of hydrogen-bond donors (Lipinski definition) is 0. The lowest BCUT2D eigenvalue weighted by Gasteiger charge is -2.03. The van der Waals surface area contributed by atoms with Crippen LogP contribution in [0.5, 0.6) is 0 Å². The van der Waals surface area contributed by atoms with Gasteiger partial charge in [-0.05, 0) is 17.7 Å². The van der Waals surface area contributed by atoms with E-state index in [4.69, 9.17) is 0 Å². The smallest absolute Gasteiger partial charge is 0.225 e. The van der Waals surface area contributed by atoms with Crippen LogP contribution in [0.15, 0.2) is 41.0 Å². The van der Waals surface area contributed by atoms with Crippen molar-refractivity contribution in [3.05, 3.63) is 52.8 Å². The Morgan fingerprint density at radius 1 is 1.13 bits per heavy atom. The fraction of sp³-hybridized carbons (Fsp3) is 0. The van der Waals surface area contributed by atoms with Gasteiger partial charge in [-0.3, -0.25) is 0 Å². The van der Waals surface area contributed by atoms with Crippen LogP contribution in [0.3, 0.4) is 0 Å². The lowest BCUT2D eigenvalue weighted by molar-refractivity contribution is 0.480. The highest BCUT2D eigenvalue weighted by Gasteiger charge is 2.07. The molecule has 1 nitrogen and oxygen atoms in total. The zero-order valence-corrected chi connectivity index (χ0v) is 9.13. The lowest BCUT2D eigenvalue weighted by atomic mass is 10.1. The van der Waals surface area contributed by atoms with E-state index in [0.717, 1.165) is 16.1 Å². The molecule has 1 aromatic heterocycles. The summed E-state index contributed by atoms with van der Waals surface area (Å²) in [6.07, 6.45) is 1.30. The van der Waals surface area contributed by atoms with Crippen LogP contribution in [0.4, 0.5) is 8.78 Å². The highest BCUT2D eigenvalue weighted by Crippen LogP contribution is 2.27. The van der Waals surface area contributed by atoms with E-state index in [-0.39, 0.29) is 0 Å². The number of hydrogen-bond acceptors (Lipinski definition) is 1. The maximum atomic E-state index is 12.9. The molecular formula is C11H6BrF2N. The number of benzene rings is 1. The summed E-state index contributed by atoms with van der Waals surface area (Å²) in [6.45, 7) is 0. The van der Waals surface area contributed by atoms with Crippen LogP contribution in [0.25, 0.3) is 11.1 Å². The van der Waals surface area contributed by atoms with Gasteiger partial charge in [-0.15, -0.1) is 0 Å². The molecule has 0 aliphatic heterocycles. The monoisotopic (exact) mass is 269 g/mol. The molecule has 1 heterocycles. The third-order valence-corrected chi connectivity index (χ3v) is 2.67. The molecule has 0 spiro atoms. The van der Waals surface area contributed by atoms with E-state index in [0.29, 0.717) is 5.56 Å². The van der Waals surface area contributed by atoms with Gasteiger partial charge in [-0.25, -0.2) is 9.37 Å². The molecule has 0 atom stereocenters.